The van der Waals surface area contributed by atoms with E-state index in [4.69, 9.17) is 4.74 Å². The summed E-state index contributed by atoms with van der Waals surface area (Å²) in [4.78, 5) is 32.8. The lowest BCUT2D eigenvalue weighted by Gasteiger charge is -2.27. The van der Waals surface area contributed by atoms with Crippen molar-refractivity contribution in [2.45, 2.75) is 19.3 Å². The van der Waals surface area contributed by atoms with Crippen LogP contribution in [0, 0.1) is 10.1 Å². The van der Waals surface area contributed by atoms with Crippen LogP contribution in [0.25, 0.3) is 0 Å². The Kier molecular flexibility index (Phi) is 5.98. The zero-order chi connectivity index (χ0) is 19.1. The maximum absolute atomic E-state index is 11.9. The van der Waals surface area contributed by atoms with E-state index in [1.165, 1.54) is 6.33 Å². The molecule has 0 unspecified atom stereocenters. The van der Waals surface area contributed by atoms with Crippen LogP contribution in [0.3, 0.4) is 0 Å². The fraction of sp³-hybridized carbons (Fsp3) is 0.353. The molecule has 2 aromatic rings. The van der Waals surface area contributed by atoms with Crippen molar-refractivity contribution in [3.63, 3.8) is 0 Å². The number of para-hydroxylation sites is 1. The Balaban J connectivity index is 1.65. The number of nitro groups is 1. The number of rotatable bonds is 7. The highest BCUT2D eigenvalue weighted by molar-refractivity contribution is 5.80. The first-order valence-corrected chi connectivity index (χ1v) is 8.62. The van der Waals surface area contributed by atoms with Crippen molar-refractivity contribution >= 4 is 23.2 Å². The number of carbonyl (C=O) groups excluding carboxylic acids is 1. The maximum atomic E-state index is 11.9. The average molecular weight is 372 g/mol. The molecule has 0 spiro atoms. The Morgan fingerprint density at radius 2 is 1.93 bits per heavy atom. The van der Waals surface area contributed by atoms with E-state index in [0.29, 0.717) is 18.8 Å². The maximum Gasteiger partial charge on any atom is 0.355 e. The number of anilines is 2. The van der Waals surface area contributed by atoms with Crippen molar-refractivity contribution in [2.24, 2.45) is 0 Å². The molecule has 1 aromatic heterocycles. The number of nitrogens with one attached hydrogen (secondary N) is 2. The fourth-order valence-corrected chi connectivity index (χ4v) is 2.80. The summed E-state index contributed by atoms with van der Waals surface area (Å²) < 4.78 is 5.33. The van der Waals surface area contributed by atoms with Crippen molar-refractivity contribution in [3.8, 4) is 5.75 Å². The van der Waals surface area contributed by atoms with Gasteiger partial charge in [0.05, 0.1) is 4.92 Å². The average Bonchev–Trinajstić information content (AvgIpc) is 2.71. The number of hydrazine groups is 1. The molecule has 2 heterocycles. The largest absolute Gasteiger partial charge is 0.484 e. The Bertz CT molecular complexity index is 795. The van der Waals surface area contributed by atoms with Gasteiger partial charge in [-0.1, -0.05) is 18.2 Å². The highest BCUT2D eigenvalue weighted by atomic mass is 16.6. The van der Waals surface area contributed by atoms with Gasteiger partial charge in [0.2, 0.25) is 11.6 Å². The van der Waals surface area contributed by atoms with Gasteiger partial charge in [0.25, 0.3) is 5.91 Å². The molecule has 142 valence electrons. The van der Waals surface area contributed by atoms with E-state index < -0.39 is 10.8 Å². The van der Waals surface area contributed by atoms with Crippen LogP contribution in [0.4, 0.5) is 17.3 Å². The number of ether oxygens (including phenoxy) is 1. The second kappa shape index (κ2) is 8.79. The molecule has 1 saturated heterocycles. The number of amides is 1. The van der Waals surface area contributed by atoms with Crippen LogP contribution in [0.1, 0.15) is 19.3 Å². The molecular formula is C17H20N6O4. The zero-order valence-electron chi connectivity index (χ0n) is 14.6. The summed E-state index contributed by atoms with van der Waals surface area (Å²) in [6, 6.07) is 8.86. The standard InChI is InChI=1S/C17H20N6O4/c24-14(11-27-13-7-3-1-4-8-13)20-21-16-15(23(25)26)17(19-12-18-16)22-9-5-2-6-10-22/h1,3-4,7-8,12H,2,5-6,9-11H2,(H,20,24)(H,18,19,21). The minimum atomic E-state index is -0.543. The summed E-state index contributed by atoms with van der Waals surface area (Å²) in [6.07, 6.45) is 4.25. The Morgan fingerprint density at radius 3 is 2.63 bits per heavy atom. The summed E-state index contributed by atoms with van der Waals surface area (Å²) in [5.74, 6) is 0.245. The van der Waals surface area contributed by atoms with E-state index in [0.717, 1.165) is 19.3 Å². The molecule has 0 aliphatic carbocycles. The number of hydrogen-bond donors (Lipinski definition) is 2. The minimum absolute atomic E-state index is 0.0661. The molecule has 3 rings (SSSR count). The summed E-state index contributed by atoms with van der Waals surface area (Å²) >= 11 is 0. The van der Waals surface area contributed by atoms with E-state index >= 15 is 0 Å². The lowest BCUT2D eigenvalue weighted by molar-refractivity contribution is -0.383. The number of aromatic nitrogens is 2. The van der Waals surface area contributed by atoms with Crippen LogP contribution in [0.5, 0.6) is 5.75 Å². The van der Waals surface area contributed by atoms with E-state index in [2.05, 4.69) is 20.8 Å². The first kappa shape index (κ1) is 18.4. The Hall–Kier alpha value is -3.43. The van der Waals surface area contributed by atoms with Gasteiger partial charge in [-0.15, -0.1) is 0 Å². The smallest absolute Gasteiger partial charge is 0.355 e. The van der Waals surface area contributed by atoms with Gasteiger partial charge >= 0.3 is 5.69 Å². The molecule has 1 aliphatic heterocycles. The second-order valence-electron chi connectivity index (χ2n) is 5.97. The van der Waals surface area contributed by atoms with Crippen LogP contribution in [-0.2, 0) is 4.79 Å². The summed E-state index contributed by atoms with van der Waals surface area (Å²) in [5.41, 5.74) is 4.62. The molecule has 0 saturated carbocycles. The van der Waals surface area contributed by atoms with Gasteiger partial charge in [0.15, 0.2) is 6.61 Å². The summed E-state index contributed by atoms with van der Waals surface area (Å²) in [6.45, 7) is 1.16. The van der Waals surface area contributed by atoms with Gasteiger partial charge in [-0.3, -0.25) is 25.8 Å². The first-order chi connectivity index (χ1) is 13.1. The van der Waals surface area contributed by atoms with Crippen molar-refractivity contribution in [2.75, 3.05) is 30.0 Å². The lowest BCUT2D eigenvalue weighted by atomic mass is 10.1. The van der Waals surface area contributed by atoms with E-state index in [1.54, 1.807) is 24.3 Å². The molecule has 0 radical (unpaired) electrons. The molecule has 1 aromatic carbocycles. The van der Waals surface area contributed by atoms with Crippen LogP contribution < -0.4 is 20.5 Å². The number of piperidine rings is 1. The van der Waals surface area contributed by atoms with Crippen molar-refractivity contribution in [1.82, 2.24) is 15.4 Å². The van der Waals surface area contributed by atoms with E-state index in [-0.39, 0.29) is 23.9 Å². The van der Waals surface area contributed by atoms with Gasteiger partial charge in [-0.25, -0.2) is 9.97 Å². The van der Waals surface area contributed by atoms with Crippen molar-refractivity contribution < 1.29 is 14.5 Å². The monoisotopic (exact) mass is 372 g/mol. The zero-order valence-corrected chi connectivity index (χ0v) is 14.6. The molecule has 2 N–H and O–H groups in total. The second-order valence-corrected chi connectivity index (χ2v) is 5.97. The minimum Gasteiger partial charge on any atom is -0.484 e. The molecule has 1 aliphatic rings. The molecule has 10 heteroatoms. The highest BCUT2D eigenvalue weighted by Crippen LogP contribution is 2.32. The van der Waals surface area contributed by atoms with Crippen LogP contribution in [0.2, 0.25) is 0 Å². The van der Waals surface area contributed by atoms with Crippen molar-refractivity contribution in [1.29, 1.82) is 0 Å². The highest BCUT2D eigenvalue weighted by Gasteiger charge is 2.28. The third-order valence-corrected chi connectivity index (χ3v) is 4.07. The van der Waals surface area contributed by atoms with E-state index in [9.17, 15) is 14.9 Å². The molecular weight excluding hydrogens is 352 g/mol. The lowest BCUT2D eigenvalue weighted by Crippen LogP contribution is -2.35. The topological polar surface area (TPSA) is 123 Å². The number of hydrogen-bond acceptors (Lipinski definition) is 8. The van der Waals surface area contributed by atoms with Gasteiger partial charge in [0.1, 0.15) is 12.1 Å². The molecule has 1 amide bonds. The number of benzene rings is 1. The van der Waals surface area contributed by atoms with Gasteiger partial charge in [0, 0.05) is 13.1 Å². The third-order valence-electron chi connectivity index (χ3n) is 4.07. The first-order valence-electron chi connectivity index (χ1n) is 8.62. The van der Waals surface area contributed by atoms with Gasteiger partial charge < -0.3 is 9.64 Å². The van der Waals surface area contributed by atoms with Crippen LogP contribution >= 0.6 is 0 Å². The van der Waals surface area contributed by atoms with Gasteiger partial charge in [-0.05, 0) is 31.4 Å². The molecule has 10 nitrogen and oxygen atoms in total. The molecule has 0 atom stereocenters. The third kappa shape index (κ3) is 4.81. The van der Waals surface area contributed by atoms with Crippen LogP contribution in [0.15, 0.2) is 36.7 Å². The Morgan fingerprint density at radius 1 is 1.19 bits per heavy atom. The predicted molar refractivity (Wildman–Crippen MR) is 98.5 cm³/mol. The van der Waals surface area contributed by atoms with Gasteiger partial charge in [-0.2, -0.15) is 0 Å². The molecule has 27 heavy (non-hydrogen) atoms. The molecule has 1 fully saturated rings. The number of nitrogens with zero attached hydrogens (tertiary/aromatic N) is 4. The SMILES string of the molecule is O=C(COc1ccccc1)NNc1ncnc(N2CCCCC2)c1[N+](=O)[O-]. The fourth-order valence-electron chi connectivity index (χ4n) is 2.80. The Labute approximate surface area is 155 Å². The van der Waals surface area contributed by atoms with E-state index in [1.807, 2.05) is 11.0 Å². The quantitative estimate of drug-likeness (QED) is 0.558. The number of carbonyl (C=O) groups is 1. The van der Waals surface area contributed by atoms with Crippen molar-refractivity contribution in [3.05, 3.63) is 46.8 Å². The van der Waals surface area contributed by atoms with Crippen LogP contribution in [-0.4, -0.2) is 40.5 Å². The summed E-state index contributed by atoms with van der Waals surface area (Å²) in [7, 11) is 0. The summed E-state index contributed by atoms with van der Waals surface area (Å²) in [5, 5.41) is 11.6. The normalized spacial score (nSPS) is 13.7. The molecule has 0 bridgehead atoms. The predicted octanol–water partition coefficient (Wildman–Crippen LogP) is 1.90.